The predicted molar refractivity (Wildman–Crippen MR) is 149 cm³/mol. The Kier molecular flexibility index (Phi) is 7.49. The van der Waals surface area contributed by atoms with Gasteiger partial charge in [-0.25, -0.2) is 0 Å². The molecule has 1 spiro atoms. The Morgan fingerprint density at radius 3 is 2.65 bits per heavy atom. The lowest BCUT2D eigenvalue weighted by molar-refractivity contribution is -0.154. The number of allylic oxidation sites excluding steroid dienone is 1. The van der Waals surface area contributed by atoms with E-state index in [9.17, 15) is 9.59 Å². The molecule has 210 valence electrons. The minimum Gasteiger partial charge on any atom is -0.464 e. The van der Waals surface area contributed by atoms with E-state index in [0.717, 1.165) is 22.2 Å². The molecule has 2 saturated heterocycles. The Hall–Kier alpha value is -3.82. The molecule has 9 nitrogen and oxygen atoms in total. The molecule has 0 bridgehead atoms. The molecular weight excluding hydrogens is 510 g/mol. The van der Waals surface area contributed by atoms with Gasteiger partial charge in [0.2, 0.25) is 12.2 Å². The Labute approximate surface area is 233 Å². The van der Waals surface area contributed by atoms with Gasteiger partial charge in [0, 0.05) is 48.7 Å². The summed E-state index contributed by atoms with van der Waals surface area (Å²) in [6, 6.07) is 17.8. The summed E-state index contributed by atoms with van der Waals surface area (Å²) in [7, 11) is 0. The number of unbranched alkanes of at least 4 members (excludes halogenated alkanes) is 1. The molecule has 0 aliphatic carbocycles. The number of ether oxygens (including phenoxy) is 2. The van der Waals surface area contributed by atoms with Gasteiger partial charge in [-0.05, 0) is 50.0 Å². The summed E-state index contributed by atoms with van der Waals surface area (Å²) < 4.78 is 17.9. The molecule has 2 N–H and O–H groups in total. The number of carbonyl (C=O) groups is 2. The predicted octanol–water partition coefficient (Wildman–Crippen LogP) is 3.89. The molecule has 3 aliphatic heterocycles. The first-order valence-corrected chi connectivity index (χ1v) is 14.1. The molecule has 2 unspecified atom stereocenters. The highest BCUT2D eigenvalue weighted by molar-refractivity contribution is 5.95. The molecular formula is C31H35N3O6. The number of aliphatic hydroxyl groups excluding tert-OH is 1. The summed E-state index contributed by atoms with van der Waals surface area (Å²) in [5.41, 5.74) is 2.11. The third-order valence-electron chi connectivity index (χ3n) is 8.32. The third-order valence-corrected chi connectivity index (χ3v) is 8.32. The number of rotatable bonds is 8. The molecule has 0 saturated carbocycles. The quantitative estimate of drug-likeness (QED) is 0.414. The lowest BCUT2D eigenvalue weighted by Gasteiger charge is -2.43. The highest BCUT2D eigenvalue weighted by atomic mass is 16.7. The molecule has 0 radical (unpaired) electrons. The van der Waals surface area contributed by atoms with Gasteiger partial charge in [0.1, 0.15) is 11.1 Å². The number of aliphatic hydroxyl groups is 1. The number of fused-ring (bicyclic) bond motifs is 1. The Bertz CT molecular complexity index is 1380. The van der Waals surface area contributed by atoms with Crippen molar-refractivity contribution in [1.29, 1.82) is 0 Å². The molecule has 2 fully saturated rings. The molecule has 1 aromatic heterocycles. The van der Waals surface area contributed by atoms with Crippen molar-refractivity contribution in [2.75, 3.05) is 37.9 Å². The van der Waals surface area contributed by atoms with Crippen LogP contribution in [0.3, 0.4) is 0 Å². The van der Waals surface area contributed by atoms with Gasteiger partial charge in [-0.3, -0.25) is 9.59 Å². The van der Waals surface area contributed by atoms with E-state index in [4.69, 9.17) is 19.0 Å². The van der Waals surface area contributed by atoms with E-state index in [-0.39, 0.29) is 30.1 Å². The second kappa shape index (κ2) is 11.3. The minimum atomic E-state index is -0.670. The average Bonchev–Trinajstić information content (AvgIpc) is 3.57. The van der Waals surface area contributed by atoms with Crippen molar-refractivity contribution in [3.63, 3.8) is 0 Å². The van der Waals surface area contributed by atoms with Crippen LogP contribution < -0.4 is 10.2 Å². The van der Waals surface area contributed by atoms with E-state index in [1.807, 2.05) is 60.7 Å². The van der Waals surface area contributed by atoms with Crippen molar-refractivity contribution in [2.45, 2.75) is 49.9 Å². The first-order chi connectivity index (χ1) is 19.6. The van der Waals surface area contributed by atoms with Gasteiger partial charge in [0.25, 0.3) is 5.91 Å². The second-order valence-corrected chi connectivity index (χ2v) is 10.7. The van der Waals surface area contributed by atoms with E-state index in [0.29, 0.717) is 58.5 Å². The molecule has 4 heterocycles. The summed E-state index contributed by atoms with van der Waals surface area (Å²) in [6.45, 7) is 1.89. The Balaban J connectivity index is 1.20. The number of likely N-dealkylation sites (tertiary alicyclic amines) is 1. The highest BCUT2D eigenvalue weighted by Gasteiger charge is 2.51. The van der Waals surface area contributed by atoms with Crippen molar-refractivity contribution in [1.82, 2.24) is 10.2 Å². The number of hydrogen-bond donors (Lipinski definition) is 2. The molecule has 6 rings (SSSR count). The number of furan rings is 1. The fourth-order valence-corrected chi connectivity index (χ4v) is 6.11. The van der Waals surface area contributed by atoms with Crippen LogP contribution in [0.1, 0.15) is 43.6 Å². The molecule has 2 atom stereocenters. The standard InChI is InChI=1S/C31H35N3O6/c35-16-6-7-17-38-28-19-22(25-20-39-26-11-5-4-10-24(25)26)18-27(40-28)29(36)33-14-12-31(13-15-33)30(37)32-21-34(31)23-8-2-1-3-9-23/h1-5,8-11,18,20,22,28,35H,6-7,12-17,19,21H2,(H,32,37). The van der Waals surface area contributed by atoms with E-state index < -0.39 is 11.8 Å². The fourth-order valence-electron chi connectivity index (χ4n) is 6.11. The fraction of sp³-hybridized carbons (Fsp3) is 0.419. The van der Waals surface area contributed by atoms with Crippen LogP contribution >= 0.6 is 0 Å². The first kappa shape index (κ1) is 26.4. The van der Waals surface area contributed by atoms with Crippen LogP contribution in [0.4, 0.5) is 5.69 Å². The minimum absolute atomic E-state index is 0.0137. The number of para-hydroxylation sites is 2. The van der Waals surface area contributed by atoms with Gasteiger partial charge in [0.15, 0.2) is 5.76 Å². The van der Waals surface area contributed by atoms with Crippen LogP contribution in [-0.2, 0) is 19.1 Å². The maximum absolute atomic E-state index is 13.8. The van der Waals surface area contributed by atoms with Crippen LogP contribution in [0.5, 0.6) is 0 Å². The van der Waals surface area contributed by atoms with Crippen molar-refractivity contribution < 1.29 is 28.6 Å². The van der Waals surface area contributed by atoms with Crippen molar-refractivity contribution in [2.24, 2.45) is 0 Å². The van der Waals surface area contributed by atoms with Crippen molar-refractivity contribution >= 4 is 28.5 Å². The zero-order chi connectivity index (χ0) is 27.5. The molecule has 40 heavy (non-hydrogen) atoms. The van der Waals surface area contributed by atoms with E-state index in [1.165, 1.54) is 0 Å². The van der Waals surface area contributed by atoms with Gasteiger partial charge in [-0.2, -0.15) is 0 Å². The van der Waals surface area contributed by atoms with Crippen molar-refractivity contribution in [3.05, 3.63) is 78.3 Å². The van der Waals surface area contributed by atoms with Gasteiger partial charge in [-0.15, -0.1) is 0 Å². The summed E-state index contributed by atoms with van der Waals surface area (Å²) >= 11 is 0. The topological polar surface area (TPSA) is 104 Å². The van der Waals surface area contributed by atoms with Crippen molar-refractivity contribution in [3.8, 4) is 0 Å². The van der Waals surface area contributed by atoms with E-state index in [1.54, 1.807) is 11.2 Å². The smallest absolute Gasteiger partial charge is 0.288 e. The molecule has 2 aromatic carbocycles. The maximum atomic E-state index is 13.8. The SMILES string of the molecule is O=C(C1=CC(c2coc3ccccc23)CC(OCCCCO)O1)N1CCC2(CC1)C(=O)NCN2c1ccccc1. The number of piperidine rings is 1. The number of amides is 2. The molecule has 3 aliphatic rings. The van der Waals surface area contributed by atoms with Gasteiger partial charge >= 0.3 is 0 Å². The summed E-state index contributed by atoms with van der Waals surface area (Å²) in [6.07, 6.45) is 6.01. The highest BCUT2D eigenvalue weighted by Crippen LogP contribution is 2.39. The number of nitrogens with zero attached hydrogens (tertiary/aromatic N) is 2. The average molecular weight is 546 g/mol. The summed E-state index contributed by atoms with van der Waals surface area (Å²) in [5.74, 6) is -0.0364. The Morgan fingerprint density at radius 2 is 1.85 bits per heavy atom. The Morgan fingerprint density at radius 1 is 1.07 bits per heavy atom. The largest absolute Gasteiger partial charge is 0.464 e. The van der Waals surface area contributed by atoms with E-state index in [2.05, 4.69) is 10.2 Å². The van der Waals surface area contributed by atoms with Crippen LogP contribution in [-0.4, -0.2) is 66.6 Å². The number of anilines is 1. The number of nitrogens with one attached hydrogen (secondary N) is 1. The van der Waals surface area contributed by atoms with Gasteiger partial charge in [0.05, 0.1) is 19.5 Å². The van der Waals surface area contributed by atoms with Gasteiger partial charge < -0.3 is 34.1 Å². The van der Waals surface area contributed by atoms with Crippen LogP contribution in [0.25, 0.3) is 11.0 Å². The van der Waals surface area contributed by atoms with Crippen LogP contribution in [0.15, 0.2) is 77.1 Å². The molecule has 9 heteroatoms. The van der Waals surface area contributed by atoms with Crippen LogP contribution in [0.2, 0.25) is 0 Å². The van der Waals surface area contributed by atoms with Gasteiger partial charge in [-0.1, -0.05) is 36.4 Å². The number of benzene rings is 2. The lowest BCUT2D eigenvalue weighted by atomic mass is 9.85. The number of carbonyl (C=O) groups excluding carboxylic acids is 2. The molecule has 3 aromatic rings. The molecule has 2 amide bonds. The van der Waals surface area contributed by atoms with Crippen LogP contribution in [0, 0.1) is 0 Å². The lowest BCUT2D eigenvalue weighted by Crippen LogP contribution is -2.57. The zero-order valence-corrected chi connectivity index (χ0v) is 22.5. The maximum Gasteiger partial charge on any atom is 0.288 e. The number of hydrogen-bond acceptors (Lipinski definition) is 7. The normalized spacial score (nSPS) is 22.3. The first-order valence-electron chi connectivity index (χ1n) is 14.1. The third kappa shape index (κ3) is 4.95. The summed E-state index contributed by atoms with van der Waals surface area (Å²) in [5, 5.41) is 13.1. The second-order valence-electron chi connectivity index (χ2n) is 10.7. The summed E-state index contributed by atoms with van der Waals surface area (Å²) in [4.78, 5) is 30.8. The monoisotopic (exact) mass is 545 g/mol. The van der Waals surface area contributed by atoms with E-state index >= 15 is 0 Å². The zero-order valence-electron chi connectivity index (χ0n) is 22.5.